The number of aromatic carboxylic acids is 1. The number of carboxylic acids is 1. The van der Waals surface area contributed by atoms with Crippen molar-refractivity contribution in [1.29, 1.82) is 0 Å². The van der Waals surface area contributed by atoms with Crippen molar-refractivity contribution in [3.05, 3.63) is 17.0 Å². The van der Waals surface area contributed by atoms with Gasteiger partial charge < -0.3 is 15.3 Å². The molecule has 1 aromatic rings. The smallest absolute Gasteiger partial charge is 0.356 e. The number of rotatable bonds is 3. The first kappa shape index (κ1) is 12.8. The van der Waals surface area contributed by atoms with Crippen LogP contribution in [0.5, 0.6) is 0 Å². The van der Waals surface area contributed by atoms with Gasteiger partial charge in [0.2, 0.25) is 6.08 Å². The molecule has 0 unspecified atom stereocenters. The molecule has 2 amide bonds. The summed E-state index contributed by atoms with van der Waals surface area (Å²) in [4.78, 5) is 37.2. The number of amides is 2. The van der Waals surface area contributed by atoms with E-state index in [1.54, 1.807) is 0 Å². The molecule has 0 aromatic carbocycles. The molecule has 9 nitrogen and oxygen atoms in total. The number of fused-ring (bicyclic) bond motifs is 1. The average molecular weight is 265 g/mol. The van der Waals surface area contributed by atoms with Gasteiger partial charge in [-0.1, -0.05) is 0 Å². The molecule has 0 atom stereocenters. The molecule has 2 heterocycles. The first-order valence-electron chi connectivity index (χ1n) is 5.49. The van der Waals surface area contributed by atoms with Crippen molar-refractivity contribution < 1.29 is 19.5 Å². The van der Waals surface area contributed by atoms with Gasteiger partial charge in [-0.15, -0.1) is 0 Å². The van der Waals surface area contributed by atoms with E-state index in [1.807, 2.05) is 0 Å². The van der Waals surface area contributed by atoms with Crippen molar-refractivity contribution in [1.82, 2.24) is 20.4 Å². The highest BCUT2D eigenvalue weighted by Crippen LogP contribution is 2.20. The second-order valence-electron chi connectivity index (χ2n) is 3.90. The predicted octanol–water partition coefficient (Wildman–Crippen LogP) is -0.531. The van der Waals surface area contributed by atoms with Crippen molar-refractivity contribution in [3.8, 4) is 0 Å². The lowest BCUT2D eigenvalue weighted by Crippen LogP contribution is -2.43. The molecule has 1 aliphatic heterocycles. The highest BCUT2D eigenvalue weighted by atomic mass is 16.4. The van der Waals surface area contributed by atoms with E-state index in [0.717, 1.165) is 5.69 Å². The van der Waals surface area contributed by atoms with Crippen LogP contribution in [-0.4, -0.2) is 51.5 Å². The normalized spacial score (nSPS) is 13.4. The number of nitrogens with zero attached hydrogens (tertiary/aromatic N) is 3. The Morgan fingerprint density at radius 2 is 2.37 bits per heavy atom. The molecular weight excluding hydrogens is 254 g/mol. The highest BCUT2D eigenvalue weighted by Gasteiger charge is 2.27. The average Bonchev–Trinajstić information content (AvgIpc) is 2.81. The van der Waals surface area contributed by atoms with E-state index in [4.69, 9.17) is 5.11 Å². The molecule has 3 N–H and O–H groups in total. The molecule has 1 aliphatic rings. The summed E-state index contributed by atoms with van der Waals surface area (Å²) in [7, 11) is 0. The second-order valence-corrected chi connectivity index (χ2v) is 3.90. The van der Waals surface area contributed by atoms with Gasteiger partial charge in [-0.25, -0.2) is 14.4 Å². The molecule has 0 spiro atoms. The molecule has 0 saturated heterocycles. The van der Waals surface area contributed by atoms with Gasteiger partial charge in [0.15, 0.2) is 5.69 Å². The van der Waals surface area contributed by atoms with Crippen molar-refractivity contribution >= 4 is 18.1 Å². The lowest BCUT2D eigenvalue weighted by molar-refractivity contribution is 0.0687. The number of isocyanates is 1. The Morgan fingerprint density at radius 1 is 1.58 bits per heavy atom. The van der Waals surface area contributed by atoms with E-state index in [0.29, 0.717) is 18.5 Å². The molecule has 0 fully saturated rings. The van der Waals surface area contributed by atoms with E-state index < -0.39 is 12.0 Å². The number of aromatic nitrogens is 2. The molecule has 0 radical (unpaired) electrons. The van der Waals surface area contributed by atoms with Gasteiger partial charge in [0, 0.05) is 24.2 Å². The molecule has 19 heavy (non-hydrogen) atoms. The maximum absolute atomic E-state index is 11.7. The fourth-order valence-electron chi connectivity index (χ4n) is 1.90. The quantitative estimate of drug-likeness (QED) is 0.500. The number of aromatic amines is 1. The Labute approximate surface area is 107 Å². The summed E-state index contributed by atoms with van der Waals surface area (Å²) in [6.07, 6.45) is 1.81. The van der Waals surface area contributed by atoms with Crippen LogP contribution < -0.4 is 5.32 Å². The fourth-order valence-corrected chi connectivity index (χ4v) is 1.90. The zero-order valence-electron chi connectivity index (χ0n) is 9.84. The lowest BCUT2D eigenvalue weighted by Gasteiger charge is -2.26. The molecule has 0 bridgehead atoms. The zero-order chi connectivity index (χ0) is 13.8. The van der Waals surface area contributed by atoms with E-state index in [1.165, 1.54) is 11.0 Å². The summed E-state index contributed by atoms with van der Waals surface area (Å²) in [5.74, 6) is -1.13. The number of hydrogen-bond donors (Lipinski definition) is 3. The number of nitrogens with one attached hydrogen (secondary N) is 2. The summed E-state index contributed by atoms with van der Waals surface area (Å²) in [6.45, 7) is 0.442. The second kappa shape index (κ2) is 5.32. The third-order valence-electron chi connectivity index (χ3n) is 2.80. The van der Waals surface area contributed by atoms with Crippen LogP contribution in [0, 0.1) is 0 Å². The van der Waals surface area contributed by atoms with E-state index in [9.17, 15) is 14.4 Å². The largest absolute Gasteiger partial charge is 0.476 e. The molecule has 9 heteroatoms. The number of carbonyl (C=O) groups excluding carboxylic acids is 2. The number of H-pyrrole nitrogens is 1. The van der Waals surface area contributed by atoms with E-state index in [2.05, 4.69) is 20.5 Å². The summed E-state index contributed by atoms with van der Waals surface area (Å²) < 4.78 is 0. The first-order valence-corrected chi connectivity index (χ1v) is 5.49. The van der Waals surface area contributed by atoms with Gasteiger partial charge in [-0.2, -0.15) is 10.1 Å². The fraction of sp³-hybridized carbons (Fsp3) is 0.400. The Kier molecular flexibility index (Phi) is 3.58. The molecule has 0 aliphatic carbocycles. The molecule has 0 saturated carbocycles. The van der Waals surface area contributed by atoms with Crippen LogP contribution in [0.25, 0.3) is 0 Å². The number of carboxylic acid groups (broad SMARTS) is 1. The third kappa shape index (κ3) is 2.61. The third-order valence-corrected chi connectivity index (χ3v) is 2.80. The monoisotopic (exact) mass is 265 g/mol. The van der Waals surface area contributed by atoms with Crippen LogP contribution in [-0.2, 0) is 17.8 Å². The number of aliphatic imine (C=N–C) groups is 1. The maximum Gasteiger partial charge on any atom is 0.356 e. The Balaban J connectivity index is 2.08. The zero-order valence-corrected chi connectivity index (χ0v) is 9.84. The van der Waals surface area contributed by atoms with Crippen molar-refractivity contribution in [2.45, 2.75) is 13.0 Å². The van der Waals surface area contributed by atoms with Crippen LogP contribution in [0.4, 0.5) is 4.79 Å². The van der Waals surface area contributed by atoms with E-state index in [-0.39, 0.29) is 18.9 Å². The summed E-state index contributed by atoms with van der Waals surface area (Å²) in [6, 6.07) is -0.415. The minimum Gasteiger partial charge on any atom is -0.476 e. The molecule has 2 rings (SSSR count). The lowest BCUT2D eigenvalue weighted by atomic mass is 10.1. The minimum absolute atomic E-state index is 0.0709. The number of hydrogen-bond acceptors (Lipinski definition) is 5. The topological polar surface area (TPSA) is 128 Å². The van der Waals surface area contributed by atoms with Crippen molar-refractivity contribution in [2.24, 2.45) is 4.99 Å². The molecule has 1 aromatic heterocycles. The minimum atomic E-state index is -1.13. The van der Waals surface area contributed by atoms with Crippen LogP contribution >= 0.6 is 0 Å². The van der Waals surface area contributed by atoms with Crippen LogP contribution in [0.2, 0.25) is 0 Å². The van der Waals surface area contributed by atoms with Gasteiger partial charge in [0.25, 0.3) is 0 Å². The number of carbonyl (C=O) groups is 2. The van der Waals surface area contributed by atoms with Crippen molar-refractivity contribution in [3.63, 3.8) is 0 Å². The van der Waals surface area contributed by atoms with Gasteiger partial charge in [0.05, 0.1) is 6.54 Å². The SMILES string of the molecule is O=C=NCNC(=O)N1CCc2[nH]nc(C(=O)O)c2C1. The van der Waals surface area contributed by atoms with Crippen LogP contribution in [0.3, 0.4) is 0 Å². The Morgan fingerprint density at radius 3 is 3.05 bits per heavy atom. The van der Waals surface area contributed by atoms with E-state index >= 15 is 0 Å². The summed E-state index contributed by atoms with van der Waals surface area (Å²) >= 11 is 0. The standard InChI is InChI=1S/C10H11N5O4/c16-5-11-4-12-10(19)15-2-1-7-6(3-15)8(9(17)18)14-13-7/h1-4H2,(H,12,19)(H,13,14)(H,17,18). The van der Waals surface area contributed by atoms with Gasteiger partial charge in [-0.05, 0) is 0 Å². The molecular formula is C10H11N5O4. The summed E-state index contributed by atoms with van der Waals surface area (Å²) in [5.41, 5.74) is 1.17. The van der Waals surface area contributed by atoms with Crippen LogP contribution in [0.1, 0.15) is 21.7 Å². The number of urea groups is 1. The van der Waals surface area contributed by atoms with Crippen LogP contribution in [0.15, 0.2) is 4.99 Å². The summed E-state index contributed by atoms with van der Waals surface area (Å²) in [5, 5.41) is 17.7. The van der Waals surface area contributed by atoms with Gasteiger partial charge in [0.1, 0.15) is 6.67 Å². The predicted molar refractivity (Wildman–Crippen MR) is 61.2 cm³/mol. The Bertz CT molecular complexity index is 560. The van der Waals surface area contributed by atoms with Gasteiger partial charge in [-0.3, -0.25) is 5.10 Å². The Hall–Kier alpha value is -2.67. The first-order chi connectivity index (χ1) is 9.13. The van der Waals surface area contributed by atoms with Gasteiger partial charge >= 0.3 is 12.0 Å². The highest BCUT2D eigenvalue weighted by molar-refractivity contribution is 5.87. The maximum atomic E-state index is 11.7. The van der Waals surface area contributed by atoms with Crippen molar-refractivity contribution in [2.75, 3.05) is 13.2 Å². The molecule has 100 valence electrons.